The van der Waals surface area contributed by atoms with E-state index in [1.165, 1.54) is 5.69 Å². The SMILES string of the molecule is C=CCNc1ccc(N2CCOCC2)cc1. The highest BCUT2D eigenvalue weighted by atomic mass is 16.5. The predicted molar refractivity (Wildman–Crippen MR) is 68.2 cm³/mol. The average Bonchev–Trinajstić information content (AvgIpc) is 2.38. The molecular formula is C13H18N2O. The minimum Gasteiger partial charge on any atom is -0.382 e. The largest absolute Gasteiger partial charge is 0.382 e. The summed E-state index contributed by atoms with van der Waals surface area (Å²) in [6.45, 7) is 8.12. The highest BCUT2D eigenvalue weighted by Crippen LogP contribution is 2.18. The summed E-state index contributed by atoms with van der Waals surface area (Å²) in [6, 6.07) is 8.51. The van der Waals surface area contributed by atoms with E-state index >= 15 is 0 Å². The molecule has 1 aliphatic heterocycles. The Bertz CT molecular complexity index is 328. The van der Waals surface area contributed by atoms with E-state index in [0.29, 0.717) is 0 Å². The zero-order chi connectivity index (χ0) is 11.2. The van der Waals surface area contributed by atoms with Gasteiger partial charge in [0.1, 0.15) is 0 Å². The molecule has 0 atom stereocenters. The number of anilines is 2. The van der Waals surface area contributed by atoms with Crippen molar-refractivity contribution < 1.29 is 4.74 Å². The molecule has 0 spiro atoms. The molecule has 0 saturated carbocycles. The van der Waals surface area contributed by atoms with Gasteiger partial charge in [-0.1, -0.05) is 6.08 Å². The summed E-state index contributed by atoms with van der Waals surface area (Å²) in [4.78, 5) is 2.35. The summed E-state index contributed by atoms with van der Waals surface area (Å²) in [6.07, 6.45) is 1.86. The van der Waals surface area contributed by atoms with Gasteiger partial charge in [0.25, 0.3) is 0 Å². The van der Waals surface area contributed by atoms with E-state index in [1.54, 1.807) is 0 Å². The molecule has 0 radical (unpaired) electrons. The van der Waals surface area contributed by atoms with Crippen LogP contribution < -0.4 is 10.2 Å². The Hall–Kier alpha value is -1.48. The third-order valence-corrected chi connectivity index (χ3v) is 2.69. The standard InChI is InChI=1S/C13H18N2O/c1-2-7-14-12-3-5-13(6-4-12)15-8-10-16-11-9-15/h2-6,14H,1,7-11H2. The van der Waals surface area contributed by atoms with Crippen LogP contribution in [-0.4, -0.2) is 32.8 Å². The molecule has 1 aromatic carbocycles. The maximum absolute atomic E-state index is 5.33. The van der Waals surface area contributed by atoms with Gasteiger partial charge in [0, 0.05) is 31.0 Å². The predicted octanol–water partition coefficient (Wildman–Crippen LogP) is 2.12. The first kappa shape index (κ1) is 11.0. The van der Waals surface area contributed by atoms with E-state index in [0.717, 1.165) is 38.5 Å². The number of nitrogens with one attached hydrogen (secondary N) is 1. The number of rotatable bonds is 4. The van der Waals surface area contributed by atoms with Gasteiger partial charge in [-0.05, 0) is 24.3 Å². The van der Waals surface area contributed by atoms with Crippen molar-refractivity contribution in [1.29, 1.82) is 0 Å². The Morgan fingerprint density at radius 3 is 2.56 bits per heavy atom. The molecule has 1 heterocycles. The molecule has 1 aliphatic rings. The molecule has 1 aromatic rings. The van der Waals surface area contributed by atoms with Crippen molar-refractivity contribution >= 4 is 11.4 Å². The number of hydrogen-bond acceptors (Lipinski definition) is 3. The van der Waals surface area contributed by atoms with Gasteiger partial charge < -0.3 is 15.0 Å². The van der Waals surface area contributed by atoms with Gasteiger partial charge in [0.2, 0.25) is 0 Å². The van der Waals surface area contributed by atoms with Crippen LogP contribution in [0.3, 0.4) is 0 Å². The summed E-state index contributed by atoms with van der Waals surface area (Å²) in [5.41, 5.74) is 2.41. The lowest BCUT2D eigenvalue weighted by Gasteiger charge is -2.28. The fourth-order valence-corrected chi connectivity index (χ4v) is 1.80. The van der Waals surface area contributed by atoms with E-state index in [1.807, 2.05) is 6.08 Å². The van der Waals surface area contributed by atoms with E-state index in [4.69, 9.17) is 4.74 Å². The maximum Gasteiger partial charge on any atom is 0.0642 e. The lowest BCUT2D eigenvalue weighted by molar-refractivity contribution is 0.122. The highest BCUT2D eigenvalue weighted by molar-refractivity contribution is 5.55. The van der Waals surface area contributed by atoms with Crippen molar-refractivity contribution in [2.45, 2.75) is 0 Å². The third kappa shape index (κ3) is 2.76. The first-order valence-corrected chi connectivity index (χ1v) is 5.67. The zero-order valence-electron chi connectivity index (χ0n) is 9.48. The molecule has 1 fully saturated rings. The highest BCUT2D eigenvalue weighted by Gasteiger charge is 2.10. The Morgan fingerprint density at radius 2 is 1.94 bits per heavy atom. The minimum absolute atomic E-state index is 0.802. The molecule has 0 amide bonds. The van der Waals surface area contributed by atoms with Gasteiger partial charge in [-0.3, -0.25) is 0 Å². The first-order chi connectivity index (χ1) is 7.90. The first-order valence-electron chi connectivity index (χ1n) is 5.67. The van der Waals surface area contributed by atoms with Gasteiger partial charge >= 0.3 is 0 Å². The van der Waals surface area contributed by atoms with Gasteiger partial charge in [-0.2, -0.15) is 0 Å². The molecule has 16 heavy (non-hydrogen) atoms. The molecule has 3 heteroatoms. The Balaban J connectivity index is 1.97. The minimum atomic E-state index is 0.802. The molecule has 86 valence electrons. The van der Waals surface area contributed by atoms with Crippen LogP contribution >= 0.6 is 0 Å². The van der Waals surface area contributed by atoms with Crippen molar-refractivity contribution in [3.05, 3.63) is 36.9 Å². The zero-order valence-corrected chi connectivity index (χ0v) is 9.48. The van der Waals surface area contributed by atoms with Crippen molar-refractivity contribution in [2.75, 3.05) is 43.1 Å². The van der Waals surface area contributed by atoms with E-state index in [2.05, 4.69) is 41.1 Å². The molecule has 0 unspecified atom stereocenters. The van der Waals surface area contributed by atoms with Gasteiger partial charge in [-0.15, -0.1) is 6.58 Å². The summed E-state index contributed by atoms with van der Waals surface area (Å²) in [5.74, 6) is 0. The Morgan fingerprint density at radius 1 is 1.25 bits per heavy atom. The summed E-state index contributed by atoms with van der Waals surface area (Å²) >= 11 is 0. The van der Waals surface area contributed by atoms with Gasteiger partial charge in [0.15, 0.2) is 0 Å². The monoisotopic (exact) mass is 218 g/mol. The second-order valence-corrected chi connectivity index (χ2v) is 3.82. The molecule has 0 aromatic heterocycles. The second kappa shape index (κ2) is 5.56. The molecule has 3 nitrogen and oxygen atoms in total. The molecule has 1 N–H and O–H groups in total. The van der Waals surface area contributed by atoms with Crippen LogP contribution in [0.15, 0.2) is 36.9 Å². The lowest BCUT2D eigenvalue weighted by Crippen LogP contribution is -2.36. The number of morpholine rings is 1. The van der Waals surface area contributed by atoms with E-state index in [9.17, 15) is 0 Å². The van der Waals surface area contributed by atoms with Crippen LogP contribution in [0, 0.1) is 0 Å². The summed E-state index contributed by atoms with van der Waals surface area (Å²) < 4.78 is 5.33. The molecular weight excluding hydrogens is 200 g/mol. The maximum atomic E-state index is 5.33. The Kier molecular flexibility index (Phi) is 3.83. The Labute approximate surface area is 96.7 Å². The number of benzene rings is 1. The normalized spacial score (nSPS) is 15.9. The molecule has 2 rings (SSSR count). The van der Waals surface area contributed by atoms with Crippen LogP contribution in [0.25, 0.3) is 0 Å². The smallest absolute Gasteiger partial charge is 0.0642 e. The van der Waals surface area contributed by atoms with Crippen molar-refractivity contribution in [3.8, 4) is 0 Å². The van der Waals surface area contributed by atoms with Crippen LogP contribution in [0.5, 0.6) is 0 Å². The number of nitrogens with zero attached hydrogens (tertiary/aromatic N) is 1. The summed E-state index contributed by atoms with van der Waals surface area (Å²) in [7, 11) is 0. The molecule has 1 saturated heterocycles. The van der Waals surface area contributed by atoms with Crippen molar-refractivity contribution in [1.82, 2.24) is 0 Å². The lowest BCUT2D eigenvalue weighted by atomic mass is 10.2. The fraction of sp³-hybridized carbons (Fsp3) is 0.385. The van der Waals surface area contributed by atoms with E-state index < -0.39 is 0 Å². The van der Waals surface area contributed by atoms with Gasteiger partial charge in [0.05, 0.1) is 13.2 Å². The fourth-order valence-electron chi connectivity index (χ4n) is 1.80. The van der Waals surface area contributed by atoms with Crippen molar-refractivity contribution in [3.63, 3.8) is 0 Å². The molecule has 0 aliphatic carbocycles. The second-order valence-electron chi connectivity index (χ2n) is 3.82. The van der Waals surface area contributed by atoms with E-state index in [-0.39, 0.29) is 0 Å². The van der Waals surface area contributed by atoms with Gasteiger partial charge in [-0.25, -0.2) is 0 Å². The number of ether oxygens (including phenoxy) is 1. The average molecular weight is 218 g/mol. The van der Waals surface area contributed by atoms with Crippen LogP contribution in [0.4, 0.5) is 11.4 Å². The van der Waals surface area contributed by atoms with Crippen LogP contribution in [-0.2, 0) is 4.74 Å². The topological polar surface area (TPSA) is 24.5 Å². The molecule has 0 bridgehead atoms. The van der Waals surface area contributed by atoms with Crippen molar-refractivity contribution in [2.24, 2.45) is 0 Å². The van der Waals surface area contributed by atoms with Crippen LogP contribution in [0.2, 0.25) is 0 Å². The third-order valence-electron chi connectivity index (χ3n) is 2.69. The van der Waals surface area contributed by atoms with Crippen LogP contribution in [0.1, 0.15) is 0 Å². The summed E-state index contributed by atoms with van der Waals surface area (Å²) in [5, 5.41) is 3.26. The number of hydrogen-bond donors (Lipinski definition) is 1. The quantitative estimate of drug-likeness (QED) is 0.783.